The fraction of sp³-hybridized carbons (Fsp3) is 0.0714. The first kappa shape index (κ1) is 12.8. The summed E-state index contributed by atoms with van der Waals surface area (Å²) in [5, 5.41) is 31.0. The minimum absolute atomic E-state index is 0.0416. The van der Waals surface area contributed by atoms with Gasteiger partial charge in [-0.1, -0.05) is 12.1 Å². The average Bonchev–Trinajstić information content (AvgIpc) is 2.37. The Morgan fingerprint density at radius 3 is 2.47 bits per heavy atom. The SMILES string of the molecule is Cc1ccc(NC(=O)c2cccc(O)c2O)cc1O. The number of anilines is 1. The third kappa shape index (κ3) is 2.60. The number of carbonyl (C=O) groups excluding carboxylic acids is 1. The van der Waals surface area contributed by atoms with E-state index in [0.717, 1.165) is 0 Å². The third-order valence-electron chi connectivity index (χ3n) is 2.73. The Labute approximate surface area is 109 Å². The van der Waals surface area contributed by atoms with Crippen LogP contribution in [-0.2, 0) is 0 Å². The molecule has 0 radical (unpaired) electrons. The minimum Gasteiger partial charge on any atom is -0.508 e. The van der Waals surface area contributed by atoms with Crippen molar-refractivity contribution in [3.63, 3.8) is 0 Å². The van der Waals surface area contributed by atoms with Crippen LogP contribution in [0.3, 0.4) is 0 Å². The van der Waals surface area contributed by atoms with E-state index < -0.39 is 11.7 Å². The molecule has 0 unspecified atom stereocenters. The van der Waals surface area contributed by atoms with Crippen LogP contribution in [0.4, 0.5) is 5.69 Å². The molecule has 5 nitrogen and oxygen atoms in total. The van der Waals surface area contributed by atoms with E-state index in [1.807, 2.05) is 0 Å². The molecule has 19 heavy (non-hydrogen) atoms. The largest absolute Gasteiger partial charge is 0.508 e. The highest BCUT2D eigenvalue weighted by atomic mass is 16.3. The molecule has 98 valence electrons. The molecule has 2 rings (SSSR count). The number of rotatable bonds is 2. The van der Waals surface area contributed by atoms with E-state index >= 15 is 0 Å². The maximum atomic E-state index is 11.9. The van der Waals surface area contributed by atoms with Gasteiger partial charge in [0.25, 0.3) is 5.91 Å². The smallest absolute Gasteiger partial charge is 0.259 e. The standard InChI is InChI=1S/C14H13NO4/c1-8-5-6-9(7-12(8)17)15-14(19)10-3-2-4-11(16)13(10)18/h2-7,16-18H,1H3,(H,15,19). The Balaban J connectivity index is 2.26. The molecule has 5 heteroatoms. The fourth-order valence-electron chi connectivity index (χ4n) is 1.60. The molecule has 0 aromatic heterocycles. The quantitative estimate of drug-likeness (QED) is 0.623. The Morgan fingerprint density at radius 2 is 1.79 bits per heavy atom. The number of phenols is 3. The number of benzene rings is 2. The number of hydrogen-bond acceptors (Lipinski definition) is 4. The van der Waals surface area contributed by atoms with E-state index in [0.29, 0.717) is 11.3 Å². The summed E-state index contributed by atoms with van der Waals surface area (Å²) >= 11 is 0. The summed E-state index contributed by atoms with van der Waals surface area (Å²) in [6, 6.07) is 8.83. The second-order valence-corrected chi connectivity index (χ2v) is 4.13. The van der Waals surface area contributed by atoms with Crippen LogP contribution >= 0.6 is 0 Å². The van der Waals surface area contributed by atoms with Gasteiger partial charge in [0.2, 0.25) is 0 Å². The van der Waals surface area contributed by atoms with Gasteiger partial charge in [-0.25, -0.2) is 0 Å². The topological polar surface area (TPSA) is 89.8 Å². The predicted octanol–water partition coefficient (Wildman–Crippen LogP) is 2.36. The fourth-order valence-corrected chi connectivity index (χ4v) is 1.60. The molecule has 0 bridgehead atoms. The molecule has 0 fully saturated rings. The normalized spacial score (nSPS) is 10.2. The van der Waals surface area contributed by atoms with E-state index in [-0.39, 0.29) is 17.1 Å². The number of phenolic OH excluding ortho intramolecular Hbond substituents is 3. The molecule has 2 aromatic rings. The molecule has 0 atom stereocenters. The van der Waals surface area contributed by atoms with Gasteiger partial charge in [-0.3, -0.25) is 4.79 Å². The van der Waals surface area contributed by atoms with E-state index in [1.54, 1.807) is 19.1 Å². The molecule has 0 aliphatic carbocycles. The minimum atomic E-state index is -0.573. The van der Waals surface area contributed by atoms with E-state index in [9.17, 15) is 20.1 Å². The van der Waals surface area contributed by atoms with Gasteiger partial charge in [-0.05, 0) is 30.7 Å². The Hall–Kier alpha value is -2.69. The zero-order valence-corrected chi connectivity index (χ0v) is 10.2. The number of carbonyl (C=O) groups is 1. The van der Waals surface area contributed by atoms with Crippen LogP contribution in [-0.4, -0.2) is 21.2 Å². The van der Waals surface area contributed by atoms with Crippen LogP contribution in [0.2, 0.25) is 0 Å². The van der Waals surface area contributed by atoms with E-state index in [4.69, 9.17) is 0 Å². The highest BCUT2D eigenvalue weighted by Gasteiger charge is 2.14. The van der Waals surface area contributed by atoms with Gasteiger partial charge in [-0.2, -0.15) is 0 Å². The highest BCUT2D eigenvalue weighted by Crippen LogP contribution is 2.29. The van der Waals surface area contributed by atoms with Crippen molar-refractivity contribution in [3.05, 3.63) is 47.5 Å². The lowest BCUT2D eigenvalue weighted by atomic mass is 10.1. The van der Waals surface area contributed by atoms with Crippen molar-refractivity contribution >= 4 is 11.6 Å². The van der Waals surface area contributed by atoms with Crippen molar-refractivity contribution in [2.24, 2.45) is 0 Å². The molecule has 0 spiro atoms. The van der Waals surface area contributed by atoms with Gasteiger partial charge in [0.1, 0.15) is 5.75 Å². The molecule has 0 aliphatic heterocycles. The molecular formula is C14H13NO4. The summed E-state index contributed by atoms with van der Waals surface area (Å²) < 4.78 is 0. The van der Waals surface area contributed by atoms with Crippen LogP contribution in [0.15, 0.2) is 36.4 Å². The van der Waals surface area contributed by atoms with Gasteiger partial charge in [0, 0.05) is 11.8 Å². The molecule has 0 saturated carbocycles. The number of amides is 1. The van der Waals surface area contributed by atoms with Gasteiger partial charge in [0.05, 0.1) is 5.56 Å². The van der Waals surface area contributed by atoms with Crippen LogP contribution in [0.25, 0.3) is 0 Å². The molecular weight excluding hydrogens is 246 g/mol. The first-order valence-electron chi connectivity index (χ1n) is 5.61. The van der Waals surface area contributed by atoms with Gasteiger partial charge in [0.15, 0.2) is 11.5 Å². The number of aryl methyl sites for hydroxylation is 1. The first-order valence-corrected chi connectivity index (χ1v) is 5.61. The van der Waals surface area contributed by atoms with Gasteiger partial charge >= 0.3 is 0 Å². The van der Waals surface area contributed by atoms with Crippen molar-refractivity contribution in [1.82, 2.24) is 0 Å². The lowest BCUT2D eigenvalue weighted by molar-refractivity contribution is 0.102. The van der Waals surface area contributed by atoms with Crippen LogP contribution < -0.4 is 5.32 Å². The second kappa shape index (κ2) is 4.89. The molecule has 2 aromatic carbocycles. The predicted molar refractivity (Wildman–Crippen MR) is 70.6 cm³/mol. The van der Waals surface area contributed by atoms with Crippen molar-refractivity contribution in [2.75, 3.05) is 5.32 Å². The zero-order valence-electron chi connectivity index (χ0n) is 10.2. The lowest BCUT2D eigenvalue weighted by Gasteiger charge is -2.08. The third-order valence-corrected chi connectivity index (χ3v) is 2.73. The molecule has 4 N–H and O–H groups in total. The molecule has 0 heterocycles. The van der Waals surface area contributed by atoms with E-state index in [1.165, 1.54) is 24.3 Å². The van der Waals surface area contributed by atoms with Gasteiger partial charge < -0.3 is 20.6 Å². The molecule has 0 aliphatic rings. The van der Waals surface area contributed by atoms with Gasteiger partial charge in [-0.15, -0.1) is 0 Å². The summed E-state index contributed by atoms with van der Waals surface area (Å²) in [4.78, 5) is 11.9. The van der Waals surface area contributed by atoms with E-state index in [2.05, 4.69) is 5.32 Å². The Morgan fingerprint density at radius 1 is 1.05 bits per heavy atom. The first-order chi connectivity index (χ1) is 8.99. The van der Waals surface area contributed by atoms with Crippen LogP contribution in [0.1, 0.15) is 15.9 Å². The number of hydrogen-bond donors (Lipinski definition) is 4. The lowest BCUT2D eigenvalue weighted by Crippen LogP contribution is -2.12. The number of nitrogens with one attached hydrogen (secondary N) is 1. The maximum absolute atomic E-state index is 11.9. The Kier molecular flexibility index (Phi) is 3.29. The maximum Gasteiger partial charge on any atom is 0.259 e. The van der Waals surface area contributed by atoms with Crippen molar-refractivity contribution in [1.29, 1.82) is 0 Å². The van der Waals surface area contributed by atoms with Crippen LogP contribution in [0.5, 0.6) is 17.2 Å². The zero-order chi connectivity index (χ0) is 14.0. The monoisotopic (exact) mass is 259 g/mol. The average molecular weight is 259 g/mol. The second-order valence-electron chi connectivity index (χ2n) is 4.13. The van der Waals surface area contributed by atoms with Crippen LogP contribution in [0, 0.1) is 6.92 Å². The Bertz CT molecular complexity index is 637. The van der Waals surface area contributed by atoms with Crippen molar-refractivity contribution < 1.29 is 20.1 Å². The summed E-state index contributed by atoms with van der Waals surface area (Å²) in [5.41, 5.74) is 1.05. The van der Waals surface area contributed by atoms with Crippen molar-refractivity contribution in [2.45, 2.75) is 6.92 Å². The summed E-state index contributed by atoms with van der Waals surface area (Å²) in [5.74, 6) is -1.34. The summed E-state index contributed by atoms with van der Waals surface area (Å²) in [6.07, 6.45) is 0. The molecule has 0 saturated heterocycles. The summed E-state index contributed by atoms with van der Waals surface area (Å²) in [6.45, 7) is 1.74. The number of aromatic hydroxyl groups is 3. The molecule has 1 amide bonds. The number of para-hydroxylation sites is 1. The van der Waals surface area contributed by atoms with Crippen molar-refractivity contribution in [3.8, 4) is 17.2 Å². The summed E-state index contributed by atoms with van der Waals surface area (Å²) in [7, 11) is 0. The highest BCUT2D eigenvalue weighted by molar-refractivity contribution is 6.06.